The van der Waals surface area contributed by atoms with Gasteiger partial charge in [0.05, 0.1) is 12.5 Å². The van der Waals surface area contributed by atoms with E-state index in [1.165, 1.54) is 0 Å². The minimum absolute atomic E-state index is 0.230. The Bertz CT molecular complexity index is 552. The molecular formula is C13H13NO2. The number of carbonyl (C=O) groups excluding carboxylic acids is 1. The van der Waals surface area contributed by atoms with E-state index < -0.39 is 0 Å². The number of H-pyrrole nitrogens is 1. The van der Waals surface area contributed by atoms with E-state index in [-0.39, 0.29) is 5.41 Å². The van der Waals surface area contributed by atoms with E-state index in [0.29, 0.717) is 0 Å². The third-order valence-corrected chi connectivity index (χ3v) is 3.38. The molecule has 1 aromatic carbocycles. The Labute approximate surface area is 93.4 Å². The summed E-state index contributed by atoms with van der Waals surface area (Å²) in [5.41, 5.74) is 1.83. The average Bonchev–Trinajstić information content (AvgIpc) is 3.01. The van der Waals surface area contributed by atoms with E-state index >= 15 is 0 Å². The first-order valence-electron chi connectivity index (χ1n) is 5.41. The molecule has 3 nitrogen and oxygen atoms in total. The van der Waals surface area contributed by atoms with Crippen LogP contribution in [0.3, 0.4) is 0 Å². The van der Waals surface area contributed by atoms with Crippen LogP contribution in [0.1, 0.15) is 18.5 Å². The number of rotatable bonds is 3. The van der Waals surface area contributed by atoms with E-state index in [2.05, 4.69) is 11.1 Å². The molecule has 16 heavy (non-hydrogen) atoms. The molecule has 0 amide bonds. The van der Waals surface area contributed by atoms with Crippen molar-refractivity contribution in [1.29, 1.82) is 0 Å². The second kappa shape index (κ2) is 3.11. The van der Waals surface area contributed by atoms with Crippen LogP contribution in [0.25, 0.3) is 10.9 Å². The molecule has 0 aliphatic heterocycles. The summed E-state index contributed by atoms with van der Waals surface area (Å²) in [5.74, 6) is 0.830. The fourth-order valence-corrected chi connectivity index (χ4v) is 2.09. The molecule has 1 aliphatic rings. The molecule has 0 bridgehead atoms. The number of hydrogen-bond acceptors (Lipinski definition) is 2. The van der Waals surface area contributed by atoms with Gasteiger partial charge in [0.1, 0.15) is 12.0 Å². The van der Waals surface area contributed by atoms with E-state index in [1.54, 1.807) is 7.11 Å². The normalized spacial score (nSPS) is 17.3. The number of nitrogens with one attached hydrogen (secondary N) is 1. The Morgan fingerprint density at radius 3 is 2.81 bits per heavy atom. The second-order valence-electron chi connectivity index (χ2n) is 4.41. The van der Waals surface area contributed by atoms with E-state index in [9.17, 15) is 4.79 Å². The highest BCUT2D eigenvalue weighted by Gasteiger charge is 2.45. The zero-order valence-electron chi connectivity index (χ0n) is 9.12. The van der Waals surface area contributed by atoms with Gasteiger partial charge >= 0.3 is 0 Å². The Balaban J connectivity index is 2.12. The summed E-state index contributed by atoms with van der Waals surface area (Å²) in [6.45, 7) is 0. The Morgan fingerprint density at radius 1 is 1.38 bits per heavy atom. The van der Waals surface area contributed by atoms with E-state index in [0.717, 1.165) is 41.5 Å². The van der Waals surface area contributed by atoms with Gasteiger partial charge < -0.3 is 14.5 Å². The van der Waals surface area contributed by atoms with Gasteiger partial charge in [0.15, 0.2) is 0 Å². The van der Waals surface area contributed by atoms with Crippen molar-refractivity contribution in [2.24, 2.45) is 0 Å². The number of benzene rings is 1. The van der Waals surface area contributed by atoms with Crippen molar-refractivity contribution >= 4 is 17.2 Å². The highest BCUT2D eigenvalue weighted by atomic mass is 16.5. The Hall–Kier alpha value is -1.77. The molecular weight excluding hydrogens is 202 g/mol. The number of hydrogen-bond donors (Lipinski definition) is 1. The lowest BCUT2D eigenvalue weighted by Crippen LogP contribution is -2.07. The largest absolute Gasteiger partial charge is 0.497 e. The lowest BCUT2D eigenvalue weighted by Gasteiger charge is -2.01. The maximum Gasteiger partial charge on any atom is 0.132 e. The highest BCUT2D eigenvalue weighted by molar-refractivity contribution is 5.85. The molecule has 1 aliphatic carbocycles. The van der Waals surface area contributed by atoms with Gasteiger partial charge in [-0.25, -0.2) is 0 Å². The van der Waals surface area contributed by atoms with Crippen molar-refractivity contribution < 1.29 is 9.53 Å². The topological polar surface area (TPSA) is 42.1 Å². The maximum absolute atomic E-state index is 11.0. The van der Waals surface area contributed by atoms with Gasteiger partial charge in [0, 0.05) is 17.3 Å². The maximum atomic E-state index is 11.0. The van der Waals surface area contributed by atoms with Gasteiger partial charge in [-0.15, -0.1) is 0 Å². The molecule has 1 fully saturated rings. The first-order valence-corrected chi connectivity index (χ1v) is 5.41. The predicted octanol–water partition coefficient (Wildman–Crippen LogP) is 2.41. The molecule has 82 valence electrons. The number of methoxy groups -OCH3 is 1. The van der Waals surface area contributed by atoms with Gasteiger partial charge in [-0.1, -0.05) is 0 Å². The molecule has 1 aromatic heterocycles. The van der Waals surface area contributed by atoms with Crippen LogP contribution in [-0.2, 0) is 10.2 Å². The van der Waals surface area contributed by atoms with Gasteiger partial charge in [-0.2, -0.15) is 0 Å². The van der Waals surface area contributed by atoms with Crippen LogP contribution in [0.15, 0.2) is 24.3 Å². The van der Waals surface area contributed by atoms with Gasteiger partial charge in [-0.05, 0) is 36.4 Å². The highest BCUT2D eigenvalue weighted by Crippen LogP contribution is 2.46. The number of ether oxygens (including phenoxy) is 1. The van der Waals surface area contributed by atoms with Crippen LogP contribution in [0, 0.1) is 0 Å². The summed E-state index contributed by atoms with van der Waals surface area (Å²) in [7, 11) is 1.65. The third kappa shape index (κ3) is 1.24. The molecule has 0 unspecified atom stereocenters. The van der Waals surface area contributed by atoms with Crippen LogP contribution in [0.2, 0.25) is 0 Å². The molecule has 0 spiro atoms. The summed E-state index contributed by atoms with van der Waals surface area (Å²) in [6.07, 6.45) is 2.98. The average molecular weight is 215 g/mol. The van der Waals surface area contributed by atoms with Crippen molar-refractivity contribution in [3.05, 3.63) is 30.0 Å². The Morgan fingerprint density at radius 2 is 2.19 bits per heavy atom. The molecule has 1 heterocycles. The molecule has 2 aromatic rings. The van der Waals surface area contributed by atoms with Crippen LogP contribution in [0.4, 0.5) is 0 Å². The van der Waals surface area contributed by atoms with Gasteiger partial charge in [0.2, 0.25) is 0 Å². The number of aldehydes is 1. The summed E-state index contributed by atoms with van der Waals surface area (Å²) in [5, 5.41) is 1.13. The SMILES string of the molecule is COc1ccc2cc(C3(C=O)CC3)[nH]c2c1. The lowest BCUT2D eigenvalue weighted by atomic mass is 10.1. The zero-order chi connectivity index (χ0) is 11.2. The number of fused-ring (bicyclic) bond motifs is 1. The van der Waals surface area contributed by atoms with Crippen LogP contribution in [-0.4, -0.2) is 18.4 Å². The third-order valence-electron chi connectivity index (χ3n) is 3.38. The lowest BCUT2D eigenvalue weighted by molar-refractivity contribution is -0.109. The van der Waals surface area contributed by atoms with Crippen LogP contribution < -0.4 is 4.74 Å². The fraction of sp³-hybridized carbons (Fsp3) is 0.308. The Kier molecular flexibility index (Phi) is 1.84. The van der Waals surface area contributed by atoms with E-state index in [4.69, 9.17) is 4.74 Å². The number of carbonyl (C=O) groups is 1. The molecule has 0 radical (unpaired) electrons. The predicted molar refractivity (Wildman–Crippen MR) is 61.8 cm³/mol. The molecule has 1 N–H and O–H groups in total. The van der Waals surface area contributed by atoms with Crippen molar-refractivity contribution in [1.82, 2.24) is 4.98 Å². The van der Waals surface area contributed by atoms with Gasteiger partial charge in [0.25, 0.3) is 0 Å². The molecule has 0 atom stereocenters. The van der Waals surface area contributed by atoms with Crippen LogP contribution >= 0.6 is 0 Å². The minimum atomic E-state index is -0.230. The smallest absolute Gasteiger partial charge is 0.132 e. The van der Waals surface area contributed by atoms with Gasteiger partial charge in [-0.3, -0.25) is 0 Å². The minimum Gasteiger partial charge on any atom is -0.497 e. The standard InChI is InChI=1S/C13H13NO2/c1-16-10-3-2-9-6-12(14-11(9)7-10)13(8-15)4-5-13/h2-3,6-8,14H,4-5H2,1H3. The number of aromatic nitrogens is 1. The summed E-state index contributed by atoms with van der Waals surface area (Å²) >= 11 is 0. The van der Waals surface area contributed by atoms with Crippen molar-refractivity contribution in [2.75, 3.05) is 7.11 Å². The number of aromatic amines is 1. The quantitative estimate of drug-likeness (QED) is 0.799. The fourth-order valence-electron chi connectivity index (χ4n) is 2.09. The monoisotopic (exact) mass is 215 g/mol. The zero-order valence-corrected chi connectivity index (χ0v) is 9.12. The van der Waals surface area contributed by atoms with Crippen molar-refractivity contribution in [3.8, 4) is 5.75 Å². The molecule has 1 saturated carbocycles. The summed E-state index contributed by atoms with van der Waals surface area (Å²) in [4.78, 5) is 14.4. The van der Waals surface area contributed by atoms with E-state index in [1.807, 2.05) is 18.2 Å². The second-order valence-corrected chi connectivity index (χ2v) is 4.41. The van der Waals surface area contributed by atoms with Crippen molar-refractivity contribution in [2.45, 2.75) is 18.3 Å². The molecule has 0 saturated heterocycles. The van der Waals surface area contributed by atoms with Crippen molar-refractivity contribution in [3.63, 3.8) is 0 Å². The van der Waals surface area contributed by atoms with Crippen LogP contribution in [0.5, 0.6) is 5.75 Å². The first-order chi connectivity index (χ1) is 7.77. The molecule has 3 heteroatoms. The first kappa shape index (κ1) is 9.46. The molecule has 3 rings (SSSR count). The summed E-state index contributed by atoms with van der Waals surface area (Å²) < 4.78 is 5.17. The summed E-state index contributed by atoms with van der Waals surface area (Å²) in [6, 6.07) is 7.96.